The highest BCUT2D eigenvalue weighted by Gasteiger charge is 2.20. The first-order chi connectivity index (χ1) is 35.9. The van der Waals surface area contributed by atoms with E-state index >= 15 is 0 Å². The number of fused-ring (bicyclic) bond motifs is 4. The van der Waals surface area contributed by atoms with Crippen LogP contribution in [0.15, 0.2) is 198 Å². The molecule has 2 heterocycles. The Kier molecular flexibility index (Phi) is 3.97. The molecule has 0 amide bonds. The molecule has 0 aliphatic carbocycles. The molecule has 0 N–H and O–H groups in total. The molecule has 10 rings (SSSR count). The lowest BCUT2D eigenvalue weighted by Gasteiger charge is -2.25. The highest BCUT2D eigenvalue weighted by molar-refractivity contribution is 6.13. The number of hydrogen-bond acceptors (Lipinski definition) is 5. The summed E-state index contributed by atoms with van der Waals surface area (Å²) < 4.78 is 204. The van der Waals surface area contributed by atoms with Crippen molar-refractivity contribution in [2.24, 2.45) is 0 Å². The molecule has 0 atom stereocenters. The van der Waals surface area contributed by atoms with Crippen LogP contribution in [-0.2, 0) is 0 Å². The first kappa shape index (κ1) is 16.1. The normalized spacial score (nSPS) is 17.0. The molecule has 8 aromatic carbocycles. The zero-order chi connectivity index (χ0) is 55.0. The molecule has 5 heteroatoms. The van der Waals surface area contributed by atoms with Crippen LogP contribution in [0.25, 0.3) is 78.0 Å². The first-order valence-corrected chi connectivity index (χ1v) is 16.2. The largest absolute Gasteiger partial charge is 0.456 e. The van der Waals surface area contributed by atoms with Gasteiger partial charge in [-0.15, -0.1) is 0 Å². The van der Waals surface area contributed by atoms with Crippen LogP contribution in [0.5, 0.6) is 0 Å². The van der Waals surface area contributed by atoms with Crippen LogP contribution in [0.2, 0.25) is 0 Å². The monoisotopic (exact) mass is 714 g/mol. The molecule has 0 aliphatic heterocycles. The quantitative estimate of drug-likeness (QED) is 0.164. The van der Waals surface area contributed by atoms with Crippen LogP contribution >= 0.6 is 0 Å². The molecule has 0 saturated heterocycles. The molecule has 0 saturated carbocycles. The lowest BCUT2D eigenvalue weighted by Crippen LogP contribution is -2.09. The highest BCUT2D eigenvalue weighted by atomic mass is 16.3. The van der Waals surface area contributed by atoms with Gasteiger partial charge >= 0.3 is 0 Å². The molecule has 0 bridgehead atoms. The van der Waals surface area contributed by atoms with Gasteiger partial charge in [0.1, 0.15) is 11.2 Å². The number of hydrogen-bond donors (Lipinski definition) is 0. The van der Waals surface area contributed by atoms with Crippen LogP contribution in [0.4, 0.5) is 17.1 Å². The van der Waals surface area contributed by atoms with E-state index in [0.29, 0.717) is 16.0 Å². The van der Waals surface area contributed by atoms with E-state index in [9.17, 15) is 11.0 Å². The smallest absolute Gasteiger partial charge is 0.164 e. The van der Waals surface area contributed by atoms with Gasteiger partial charge in [-0.2, -0.15) is 0 Å². The van der Waals surface area contributed by atoms with Gasteiger partial charge in [-0.1, -0.05) is 133 Å². The Balaban J connectivity index is 1.35. The van der Waals surface area contributed by atoms with Crippen molar-refractivity contribution in [3.05, 3.63) is 194 Å². The molecule has 0 radical (unpaired) electrons. The second-order valence-electron chi connectivity index (χ2n) is 11.6. The van der Waals surface area contributed by atoms with E-state index in [0.717, 1.165) is 0 Å². The number of furan rings is 1. The summed E-state index contributed by atoms with van der Waals surface area (Å²) in [7, 11) is 0. The van der Waals surface area contributed by atoms with Gasteiger partial charge in [0.2, 0.25) is 0 Å². The average Bonchev–Trinajstić information content (AvgIpc) is 4.03. The molecule has 0 aliphatic rings. The molecule has 0 fully saturated rings. The fraction of sp³-hybridized carbons (Fsp3) is 0. The third kappa shape index (κ3) is 5.74. The number of anilines is 3. The number of para-hydroxylation sites is 3. The number of aromatic nitrogens is 3. The summed E-state index contributed by atoms with van der Waals surface area (Å²) in [5.41, 5.74) is -4.41. The highest BCUT2D eigenvalue weighted by Crippen LogP contribution is 2.41. The van der Waals surface area contributed by atoms with Crippen molar-refractivity contribution in [3.8, 4) is 45.3 Å². The van der Waals surface area contributed by atoms with Gasteiger partial charge < -0.3 is 9.32 Å². The Morgan fingerprint density at radius 3 is 1.67 bits per heavy atom. The standard InChI is InChI=1S/C49H32N4O/c1-5-15-33(16-6-1)47-50-48(34-17-7-2-8-18-34)52-49(51-47)43-31-38(32-45-46(43)42-23-13-14-24-44(42)54-45)36-25-26-37-30-41(28-27-35(37)29-36)53(39-19-9-3-10-20-39)40-21-11-4-12-22-40/h1-32H/i3D,4D,9D,10D,11D,12D,13D,14D,19D,20D,21D,22D,23D,24D,25D,26D,27D,28D,29D,30D,31D,32D. The van der Waals surface area contributed by atoms with Gasteiger partial charge in [-0.3, -0.25) is 0 Å². The van der Waals surface area contributed by atoms with Crippen molar-refractivity contribution in [1.29, 1.82) is 0 Å². The fourth-order valence-electron chi connectivity index (χ4n) is 5.84. The Hall–Kier alpha value is -7.37. The predicted octanol–water partition coefficient (Wildman–Crippen LogP) is 13.1. The third-order valence-corrected chi connectivity index (χ3v) is 8.25. The summed E-state index contributed by atoms with van der Waals surface area (Å²) in [6, 6.07) is -2.66. The fourth-order valence-corrected chi connectivity index (χ4v) is 5.84. The second-order valence-corrected chi connectivity index (χ2v) is 11.6. The Labute approximate surface area is 343 Å². The van der Waals surface area contributed by atoms with E-state index in [1.54, 1.807) is 60.7 Å². The van der Waals surface area contributed by atoms with Crippen molar-refractivity contribution < 1.29 is 34.6 Å². The topological polar surface area (TPSA) is 55.1 Å². The second kappa shape index (κ2) is 13.3. The molecule has 0 unspecified atom stereocenters. The minimum absolute atomic E-state index is 0.0755. The van der Waals surface area contributed by atoms with E-state index in [1.165, 1.54) is 0 Å². The van der Waals surface area contributed by atoms with Gasteiger partial charge in [0.25, 0.3) is 0 Å². The van der Waals surface area contributed by atoms with Gasteiger partial charge in [0.05, 0.1) is 30.2 Å². The van der Waals surface area contributed by atoms with Crippen molar-refractivity contribution in [2.75, 3.05) is 4.90 Å². The lowest BCUT2D eigenvalue weighted by atomic mass is 9.96. The van der Waals surface area contributed by atoms with E-state index in [-0.39, 0.29) is 33.8 Å². The minimum atomic E-state index is -1.09. The van der Waals surface area contributed by atoms with Gasteiger partial charge in [0, 0.05) is 44.5 Å². The van der Waals surface area contributed by atoms with Crippen molar-refractivity contribution in [2.45, 2.75) is 0 Å². The molecular formula is C49H32N4O. The van der Waals surface area contributed by atoms with Crippen molar-refractivity contribution >= 4 is 49.8 Å². The Bertz CT molecular complexity index is 4030. The summed E-state index contributed by atoms with van der Waals surface area (Å²) in [4.78, 5) is 14.7. The average molecular weight is 715 g/mol. The van der Waals surface area contributed by atoms with Crippen molar-refractivity contribution in [1.82, 2.24) is 15.0 Å². The maximum Gasteiger partial charge on any atom is 0.164 e. The molecule has 10 aromatic rings. The van der Waals surface area contributed by atoms with Crippen LogP contribution < -0.4 is 4.90 Å². The summed E-state index contributed by atoms with van der Waals surface area (Å²) in [6.07, 6.45) is 0. The summed E-state index contributed by atoms with van der Waals surface area (Å²) >= 11 is 0. The molecule has 54 heavy (non-hydrogen) atoms. The summed E-state index contributed by atoms with van der Waals surface area (Å²) in [6.45, 7) is 0. The third-order valence-electron chi connectivity index (χ3n) is 8.25. The number of benzene rings is 8. The summed E-state index contributed by atoms with van der Waals surface area (Å²) in [5.74, 6) is -0.143. The lowest BCUT2D eigenvalue weighted by molar-refractivity contribution is 0.669. The Morgan fingerprint density at radius 1 is 0.426 bits per heavy atom. The molecule has 254 valence electrons. The number of rotatable bonds is 7. The van der Waals surface area contributed by atoms with Crippen LogP contribution in [0.3, 0.4) is 0 Å². The van der Waals surface area contributed by atoms with Crippen LogP contribution in [0, 0.1) is 0 Å². The number of nitrogens with zero attached hydrogens (tertiary/aromatic N) is 4. The molecular weight excluding hydrogens is 661 g/mol. The van der Waals surface area contributed by atoms with Gasteiger partial charge in [-0.05, 0) is 82.3 Å². The van der Waals surface area contributed by atoms with E-state index < -0.39 is 183 Å². The maximum atomic E-state index is 10.0. The van der Waals surface area contributed by atoms with Crippen LogP contribution in [-0.4, -0.2) is 15.0 Å². The SMILES string of the molecule is [2H]c1c([2H])c([2H])c(N(c2c([2H])c([2H])c([2H])c([2H])c2[2H])c2c([2H])c([2H])c3c([2H])c(-c4c([2H])c(-c5nc(-c6ccccc6)nc(-c6ccccc6)n5)c5c(oc6c([2H])c([2H])c([2H])c([2H])c65)c4[2H])c([2H])c([2H])c3c2[2H])c([2H])c1[2H]. The molecule has 5 nitrogen and oxygen atoms in total. The zero-order valence-corrected chi connectivity index (χ0v) is 27.5. The van der Waals surface area contributed by atoms with Gasteiger partial charge in [-0.25, -0.2) is 15.0 Å². The van der Waals surface area contributed by atoms with Crippen LogP contribution in [0.1, 0.15) is 30.2 Å². The summed E-state index contributed by atoms with van der Waals surface area (Å²) in [5, 5.41) is -1.96. The Morgan fingerprint density at radius 2 is 1.00 bits per heavy atom. The predicted molar refractivity (Wildman–Crippen MR) is 221 cm³/mol. The first-order valence-electron chi connectivity index (χ1n) is 27.2. The van der Waals surface area contributed by atoms with E-state index in [2.05, 4.69) is 0 Å². The van der Waals surface area contributed by atoms with Crippen molar-refractivity contribution in [3.63, 3.8) is 0 Å². The minimum Gasteiger partial charge on any atom is -0.456 e. The van der Waals surface area contributed by atoms with Gasteiger partial charge in [0.15, 0.2) is 17.5 Å². The molecule has 0 spiro atoms. The maximum absolute atomic E-state index is 10.0. The van der Waals surface area contributed by atoms with E-state index in [4.69, 9.17) is 38.6 Å². The molecule has 2 aromatic heterocycles. The van der Waals surface area contributed by atoms with E-state index in [1.807, 2.05) is 0 Å². The zero-order valence-electron chi connectivity index (χ0n) is 49.5.